The number of hydrogen-bond donors (Lipinski definition) is 0. The molecule has 0 N–H and O–H groups in total. The molecule has 1 nitrogen and oxygen atoms in total. The Kier molecular flexibility index (Phi) is 5.78. The molecule has 0 aromatic heterocycles. The van der Waals surface area contributed by atoms with Crippen LogP contribution in [0.25, 0.3) is 0 Å². The molecule has 28 heavy (non-hydrogen) atoms. The van der Waals surface area contributed by atoms with Crippen molar-refractivity contribution in [1.29, 1.82) is 0 Å². The number of hydrogen-bond acceptors (Lipinski definition) is 1. The summed E-state index contributed by atoms with van der Waals surface area (Å²) in [6.45, 7) is 12.4. The van der Waals surface area contributed by atoms with Crippen molar-refractivity contribution in [2.75, 3.05) is 0 Å². The summed E-state index contributed by atoms with van der Waals surface area (Å²) in [4.78, 5) is 13.2. The van der Waals surface area contributed by atoms with Crippen molar-refractivity contribution in [1.82, 2.24) is 0 Å². The van der Waals surface area contributed by atoms with Crippen LogP contribution in [0.15, 0.2) is 0 Å². The fourth-order valence-corrected chi connectivity index (χ4v) is 9.12. The highest BCUT2D eigenvalue weighted by Crippen LogP contribution is 2.67. The van der Waals surface area contributed by atoms with E-state index in [1.165, 1.54) is 70.6 Å². The molecule has 0 radical (unpaired) electrons. The van der Waals surface area contributed by atoms with Gasteiger partial charge < -0.3 is 0 Å². The lowest BCUT2D eigenvalue weighted by atomic mass is 9.44. The van der Waals surface area contributed by atoms with Crippen molar-refractivity contribution in [3.05, 3.63) is 0 Å². The van der Waals surface area contributed by atoms with Crippen LogP contribution < -0.4 is 0 Å². The molecule has 0 aromatic carbocycles. The number of carbonyl (C=O) groups is 1. The number of rotatable bonds is 5. The van der Waals surface area contributed by atoms with E-state index in [-0.39, 0.29) is 0 Å². The quantitative estimate of drug-likeness (QED) is 0.473. The first-order valence-electron chi connectivity index (χ1n) is 12.8. The van der Waals surface area contributed by atoms with E-state index >= 15 is 0 Å². The summed E-state index contributed by atoms with van der Waals surface area (Å²) < 4.78 is 0. The van der Waals surface area contributed by atoms with Crippen LogP contribution in [-0.4, -0.2) is 5.78 Å². The van der Waals surface area contributed by atoms with Crippen molar-refractivity contribution in [2.45, 2.75) is 112 Å². The SMILES string of the molecule is CC(C)CCC[C@@H](C)[C@H]1CC[C@H]2[C@@H]3CC(=O)[C@H]4CCCC[C@]4(C)C3CC[C@]12C. The zero-order chi connectivity index (χ0) is 20.1. The predicted octanol–water partition coefficient (Wildman–Crippen LogP) is 7.68. The first-order valence-corrected chi connectivity index (χ1v) is 12.8. The summed E-state index contributed by atoms with van der Waals surface area (Å²) in [6, 6.07) is 0. The van der Waals surface area contributed by atoms with E-state index < -0.39 is 0 Å². The topological polar surface area (TPSA) is 17.1 Å². The molecule has 8 atom stereocenters. The third-order valence-electron chi connectivity index (χ3n) is 10.6. The summed E-state index contributed by atoms with van der Waals surface area (Å²) in [5.74, 6) is 6.03. The third kappa shape index (κ3) is 3.31. The van der Waals surface area contributed by atoms with Gasteiger partial charge in [0.15, 0.2) is 0 Å². The monoisotopic (exact) mass is 386 g/mol. The van der Waals surface area contributed by atoms with E-state index in [1.807, 2.05) is 0 Å². The number of fused-ring (bicyclic) bond motifs is 5. The second-order valence-corrected chi connectivity index (χ2v) is 12.4. The Bertz CT molecular complexity index is 579. The Morgan fingerprint density at radius 3 is 2.39 bits per heavy atom. The zero-order valence-corrected chi connectivity index (χ0v) is 19.4. The van der Waals surface area contributed by atoms with Gasteiger partial charge in [0.05, 0.1) is 0 Å². The molecule has 4 saturated carbocycles. The van der Waals surface area contributed by atoms with Gasteiger partial charge in [0, 0.05) is 12.3 Å². The Morgan fingerprint density at radius 2 is 1.64 bits per heavy atom. The Morgan fingerprint density at radius 1 is 0.893 bits per heavy atom. The smallest absolute Gasteiger partial charge is 0.136 e. The van der Waals surface area contributed by atoms with Crippen LogP contribution in [-0.2, 0) is 4.79 Å². The highest BCUT2D eigenvalue weighted by molar-refractivity contribution is 5.83. The van der Waals surface area contributed by atoms with Gasteiger partial charge in [-0.05, 0) is 84.9 Å². The highest BCUT2D eigenvalue weighted by atomic mass is 16.1. The van der Waals surface area contributed by atoms with E-state index in [1.54, 1.807) is 0 Å². The van der Waals surface area contributed by atoms with Gasteiger partial charge in [-0.1, -0.05) is 66.7 Å². The maximum Gasteiger partial charge on any atom is 0.136 e. The van der Waals surface area contributed by atoms with Crippen LogP contribution in [0.4, 0.5) is 0 Å². The first kappa shape index (κ1) is 20.9. The molecule has 0 heterocycles. The lowest BCUT2D eigenvalue weighted by molar-refractivity contribution is -0.154. The van der Waals surface area contributed by atoms with Crippen molar-refractivity contribution < 1.29 is 4.79 Å². The summed E-state index contributed by atoms with van der Waals surface area (Å²) in [7, 11) is 0. The molecular weight excluding hydrogens is 340 g/mol. The first-order chi connectivity index (χ1) is 13.3. The van der Waals surface area contributed by atoms with Crippen LogP contribution in [0, 0.1) is 52.3 Å². The molecule has 0 aromatic rings. The van der Waals surface area contributed by atoms with Crippen LogP contribution in [0.5, 0.6) is 0 Å². The van der Waals surface area contributed by atoms with Crippen LogP contribution in [0.2, 0.25) is 0 Å². The molecule has 4 aliphatic carbocycles. The number of ketones is 1. The maximum absolute atomic E-state index is 13.2. The van der Waals surface area contributed by atoms with Gasteiger partial charge in [0.2, 0.25) is 0 Å². The lowest BCUT2D eigenvalue weighted by Crippen LogP contribution is -2.56. The van der Waals surface area contributed by atoms with Gasteiger partial charge in [0.1, 0.15) is 5.78 Å². The third-order valence-corrected chi connectivity index (χ3v) is 10.6. The summed E-state index contributed by atoms with van der Waals surface area (Å²) >= 11 is 0. The van der Waals surface area contributed by atoms with Gasteiger partial charge in [-0.15, -0.1) is 0 Å². The molecule has 1 heteroatoms. The summed E-state index contributed by atoms with van der Waals surface area (Å²) in [5.41, 5.74) is 0.844. The fourth-order valence-electron chi connectivity index (χ4n) is 9.12. The van der Waals surface area contributed by atoms with E-state index in [2.05, 4.69) is 34.6 Å². The van der Waals surface area contributed by atoms with Gasteiger partial charge in [0.25, 0.3) is 0 Å². The molecular formula is C27H46O. The van der Waals surface area contributed by atoms with E-state index in [0.717, 1.165) is 36.0 Å². The minimum absolute atomic E-state index is 0.334. The molecule has 0 saturated heterocycles. The van der Waals surface area contributed by atoms with Crippen molar-refractivity contribution in [3.8, 4) is 0 Å². The predicted molar refractivity (Wildman–Crippen MR) is 118 cm³/mol. The Balaban J connectivity index is 1.50. The summed E-state index contributed by atoms with van der Waals surface area (Å²) in [6.07, 6.45) is 16.0. The van der Waals surface area contributed by atoms with Gasteiger partial charge in [-0.3, -0.25) is 4.79 Å². The van der Waals surface area contributed by atoms with Crippen molar-refractivity contribution in [3.63, 3.8) is 0 Å². The summed E-state index contributed by atoms with van der Waals surface area (Å²) in [5, 5.41) is 0. The van der Waals surface area contributed by atoms with Crippen molar-refractivity contribution in [2.24, 2.45) is 52.3 Å². The second-order valence-electron chi connectivity index (χ2n) is 12.4. The van der Waals surface area contributed by atoms with Gasteiger partial charge in [-0.25, -0.2) is 0 Å². The molecule has 160 valence electrons. The highest BCUT2D eigenvalue weighted by Gasteiger charge is 2.61. The zero-order valence-electron chi connectivity index (χ0n) is 19.4. The average Bonchev–Trinajstić information content (AvgIpc) is 2.99. The van der Waals surface area contributed by atoms with Crippen LogP contribution in [0.3, 0.4) is 0 Å². The molecule has 1 unspecified atom stereocenters. The normalized spacial score (nSPS) is 46.8. The lowest BCUT2D eigenvalue weighted by Gasteiger charge is -2.60. The van der Waals surface area contributed by atoms with Gasteiger partial charge in [-0.2, -0.15) is 0 Å². The number of Topliss-reactive ketones (excluding diaryl/α,β-unsaturated/α-hetero) is 1. The van der Waals surface area contributed by atoms with Gasteiger partial charge >= 0.3 is 0 Å². The van der Waals surface area contributed by atoms with Crippen molar-refractivity contribution >= 4 is 5.78 Å². The minimum Gasteiger partial charge on any atom is -0.299 e. The fraction of sp³-hybridized carbons (Fsp3) is 0.963. The molecule has 4 fully saturated rings. The molecule has 0 bridgehead atoms. The van der Waals surface area contributed by atoms with E-state index in [4.69, 9.17) is 0 Å². The molecule has 4 aliphatic rings. The maximum atomic E-state index is 13.2. The second kappa shape index (κ2) is 7.73. The van der Waals surface area contributed by atoms with Crippen LogP contribution in [0.1, 0.15) is 112 Å². The molecule has 0 spiro atoms. The van der Waals surface area contributed by atoms with E-state index in [9.17, 15) is 4.79 Å². The Hall–Kier alpha value is -0.330. The van der Waals surface area contributed by atoms with E-state index in [0.29, 0.717) is 28.4 Å². The minimum atomic E-state index is 0.334. The van der Waals surface area contributed by atoms with Crippen LogP contribution >= 0.6 is 0 Å². The average molecular weight is 387 g/mol. The Labute approximate surface area is 174 Å². The molecule has 0 amide bonds. The largest absolute Gasteiger partial charge is 0.299 e. The molecule has 0 aliphatic heterocycles. The number of carbonyl (C=O) groups excluding carboxylic acids is 1. The molecule has 4 rings (SSSR count). The standard InChI is InChI=1S/C27H46O/c1-18(2)9-8-10-19(3)21-12-13-22-20-17-25(28)24-11-6-7-15-26(24,4)23(20)14-16-27(21,22)5/h18-24H,6-17H2,1-5H3/t19-,20+,21-,22+,23?,24-,26-,27-/m1/s1.